The molecule has 0 bridgehead atoms. The van der Waals surface area contributed by atoms with Gasteiger partial charge in [0.1, 0.15) is 5.82 Å². The van der Waals surface area contributed by atoms with Gasteiger partial charge in [-0.1, -0.05) is 37.6 Å². The lowest BCUT2D eigenvalue weighted by molar-refractivity contribution is 0.318. The zero-order valence-electron chi connectivity index (χ0n) is 10.7. The monoisotopic (exact) mass is 270 g/mol. The van der Waals surface area contributed by atoms with Crippen molar-refractivity contribution >= 4 is 17.6 Å². The predicted molar refractivity (Wildman–Crippen MR) is 74.5 cm³/mol. The fraction of sp³-hybridized carbons (Fsp3) is 0.462. The summed E-state index contributed by atoms with van der Waals surface area (Å²) in [7, 11) is 0. The highest BCUT2D eigenvalue weighted by molar-refractivity contribution is 7.98. The van der Waals surface area contributed by atoms with Crippen LogP contribution in [0.25, 0.3) is 0 Å². The molecule has 0 saturated carbocycles. The number of thioether (sulfide) groups is 1. The Morgan fingerprint density at radius 1 is 1.56 bits per heavy atom. The van der Waals surface area contributed by atoms with E-state index < -0.39 is 5.82 Å². The molecule has 18 heavy (non-hydrogen) atoms. The van der Waals surface area contributed by atoms with Crippen molar-refractivity contribution in [3.8, 4) is 0 Å². The zero-order valence-corrected chi connectivity index (χ0v) is 11.5. The van der Waals surface area contributed by atoms with Crippen molar-refractivity contribution in [2.24, 2.45) is 16.8 Å². The Morgan fingerprint density at radius 3 is 2.89 bits per heavy atom. The number of halogens is 1. The predicted octanol–water partition coefficient (Wildman–Crippen LogP) is 3.20. The standard InChI is InChI=1S/C13H19FN2OS/c1-3-9(2)7-18-8-10-5-4-6-11(12(10)14)13(15)16-17/h4-6,9,17H,3,7-8H2,1-2H3,(H2,15,16). The second-order valence-electron chi connectivity index (χ2n) is 4.29. The van der Waals surface area contributed by atoms with Gasteiger partial charge in [0.2, 0.25) is 0 Å². The van der Waals surface area contributed by atoms with Crippen molar-refractivity contribution in [1.29, 1.82) is 0 Å². The molecule has 5 heteroatoms. The van der Waals surface area contributed by atoms with E-state index in [0.29, 0.717) is 17.2 Å². The van der Waals surface area contributed by atoms with Crippen LogP contribution in [0.4, 0.5) is 4.39 Å². The maximum atomic E-state index is 14.0. The smallest absolute Gasteiger partial charge is 0.173 e. The Kier molecular flexibility index (Phi) is 5.98. The van der Waals surface area contributed by atoms with Crippen molar-refractivity contribution in [3.05, 3.63) is 35.1 Å². The van der Waals surface area contributed by atoms with E-state index in [2.05, 4.69) is 19.0 Å². The van der Waals surface area contributed by atoms with Crippen molar-refractivity contribution in [1.82, 2.24) is 0 Å². The second kappa shape index (κ2) is 7.26. The third-order valence-corrected chi connectivity index (χ3v) is 4.14. The number of hydrogen-bond donors (Lipinski definition) is 2. The molecule has 0 aliphatic carbocycles. The normalized spacial score (nSPS) is 13.6. The summed E-state index contributed by atoms with van der Waals surface area (Å²) in [4.78, 5) is 0. The zero-order chi connectivity index (χ0) is 13.5. The van der Waals surface area contributed by atoms with Crippen LogP contribution >= 0.6 is 11.8 Å². The van der Waals surface area contributed by atoms with Gasteiger partial charge in [0.15, 0.2) is 5.84 Å². The number of oxime groups is 1. The molecule has 0 aliphatic heterocycles. The maximum absolute atomic E-state index is 14.0. The molecule has 1 aromatic rings. The van der Waals surface area contributed by atoms with E-state index in [9.17, 15) is 4.39 Å². The van der Waals surface area contributed by atoms with Crippen LogP contribution in [0, 0.1) is 11.7 Å². The van der Waals surface area contributed by atoms with Gasteiger partial charge in [-0.15, -0.1) is 0 Å². The van der Waals surface area contributed by atoms with Crippen molar-refractivity contribution < 1.29 is 9.60 Å². The van der Waals surface area contributed by atoms with Crippen molar-refractivity contribution in [3.63, 3.8) is 0 Å². The SMILES string of the molecule is CCC(C)CSCc1cccc(/C(N)=N/O)c1F. The summed E-state index contributed by atoms with van der Waals surface area (Å²) in [6.45, 7) is 4.32. The summed E-state index contributed by atoms with van der Waals surface area (Å²) >= 11 is 1.70. The molecule has 0 heterocycles. The minimum absolute atomic E-state index is 0.152. The quantitative estimate of drug-likeness (QED) is 0.361. The van der Waals surface area contributed by atoms with E-state index in [1.807, 2.05) is 0 Å². The fourth-order valence-electron chi connectivity index (χ4n) is 1.43. The lowest BCUT2D eigenvalue weighted by atomic mass is 10.1. The fourth-order valence-corrected chi connectivity index (χ4v) is 2.63. The van der Waals surface area contributed by atoms with Gasteiger partial charge in [0, 0.05) is 5.75 Å². The molecule has 3 N–H and O–H groups in total. The number of nitrogens with two attached hydrogens (primary N) is 1. The van der Waals surface area contributed by atoms with Crippen LogP contribution in [-0.2, 0) is 5.75 Å². The van der Waals surface area contributed by atoms with Gasteiger partial charge in [-0.05, 0) is 23.3 Å². The number of rotatable bonds is 6. The van der Waals surface area contributed by atoms with Crippen LogP contribution in [0.2, 0.25) is 0 Å². The van der Waals surface area contributed by atoms with Crippen LogP contribution in [0.1, 0.15) is 31.4 Å². The van der Waals surface area contributed by atoms with Crippen LogP contribution in [0.3, 0.4) is 0 Å². The van der Waals surface area contributed by atoms with Crippen LogP contribution in [0.5, 0.6) is 0 Å². The Bertz CT molecular complexity index is 423. The van der Waals surface area contributed by atoms with E-state index in [1.165, 1.54) is 6.07 Å². The van der Waals surface area contributed by atoms with E-state index in [-0.39, 0.29) is 11.4 Å². The molecule has 0 aromatic heterocycles. The molecular weight excluding hydrogens is 251 g/mol. The first kappa shape index (κ1) is 14.8. The highest BCUT2D eigenvalue weighted by Gasteiger charge is 2.11. The van der Waals surface area contributed by atoms with Crippen LogP contribution < -0.4 is 5.73 Å². The molecule has 1 atom stereocenters. The first-order chi connectivity index (χ1) is 8.60. The van der Waals surface area contributed by atoms with Gasteiger partial charge < -0.3 is 10.9 Å². The highest BCUT2D eigenvalue weighted by Crippen LogP contribution is 2.21. The van der Waals surface area contributed by atoms with Gasteiger partial charge in [-0.2, -0.15) is 11.8 Å². The largest absolute Gasteiger partial charge is 0.409 e. The summed E-state index contributed by atoms with van der Waals surface area (Å²) in [5.41, 5.74) is 6.16. The van der Waals surface area contributed by atoms with E-state index in [0.717, 1.165) is 12.2 Å². The summed E-state index contributed by atoms with van der Waals surface area (Å²) in [6, 6.07) is 4.95. The Morgan fingerprint density at radius 2 is 2.28 bits per heavy atom. The van der Waals surface area contributed by atoms with Gasteiger partial charge in [0.05, 0.1) is 5.56 Å². The summed E-state index contributed by atoms with van der Waals surface area (Å²) in [6.07, 6.45) is 1.12. The summed E-state index contributed by atoms with van der Waals surface area (Å²) in [5.74, 6) is 1.64. The highest BCUT2D eigenvalue weighted by atomic mass is 32.2. The van der Waals surface area contributed by atoms with Crippen LogP contribution in [-0.4, -0.2) is 16.8 Å². The topological polar surface area (TPSA) is 58.6 Å². The number of benzene rings is 1. The summed E-state index contributed by atoms with van der Waals surface area (Å²) < 4.78 is 14.0. The molecule has 0 amide bonds. The number of nitrogens with zero attached hydrogens (tertiary/aromatic N) is 1. The third kappa shape index (κ3) is 3.91. The van der Waals surface area contributed by atoms with Crippen molar-refractivity contribution in [2.45, 2.75) is 26.0 Å². The molecule has 1 aromatic carbocycles. The van der Waals surface area contributed by atoms with Gasteiger partial charge in [-0.25, -0.2) is 4.39 Å². The molecule has 0 saturated heterocycles. The van der Waals surface area contributed by atoms with E-state index >= 15 is 0 Å². The Balaban J connectivity index is 2.72. The van der Waals surface area contributed by atoms with Crippen LogP contribution in [0.15, 0.2) is 23.4 Å². The van der Waals surface area contributed by atoms with Gasteiger partial charge >= 0.3 is 0 Å². The second-order valence-corrected chi connectivity index (χ2v) is 5.32. The minimum Gasteiger partial charge on any atom is -0.409 e. The lowest BCUT2D eigenvalue weighted by Crippen LogP contribution is -2.15. The molecule has 0 radical (unpaired) electrons. The third-order valence-electron chi connectivity index (χ3n) is 2.82. The molecule has 3 nitrogen and oxygen atoms in total. The van der Waals surface area contributed by atoms with E-state index in [4.69, 9.17) is 10.9 Å². The molecule has 0 fully saturated rings. The molecule has 1 rings (SSSR count). The minimum atomic E-state index is -0.399. The molecule has 100 valence electrons. The Hall–Kier alpha value is -1.23. The first-order valence-corrected chi connectivity index (χ1v) is 7.08. The summed E-state index contributed by atoms with van der Waals surface area (Å²) in [5, 5.41) is 11.4. The Labute approximate surface area is 111 Å². The molecule has 0 spiro atoms. The average molecular weight is 270 g/mol. The number of amidine groups is 1. The van der Waals surface area contributed by atoms with Gasteiger partial charge in [0.25, 0.3) is 0 Å². The first-order valence-electron chi connectivity index (χ1n) is 5.93. The van der Waals surface area contributed by atoms with Gasteiger partial charge in [-0.3, -0.25) is 0 Å². The molecule has 0 aliphatic rings. The maximum Gasteiger partial charge on any atom is 0.173 e. The molecule has 1 unspecified atom stereocenters. The average Bonchev–Trinajstić information content (AvgIpc) is 2.39. The van der Waals surface area contributed by atoms with Crippen molar-refractivity contribution in [2.75, 3.05) is 5.75 Å². The molecular formula is C13H19FN2OS. The number of hydrogen-bond acceptors (Lipinski definition) is 3. The lowest BCUT2D eigenvalue weighted by Gasteiger charge is -2.09. The van der Waals surface area contributed by atoms with E-state index in [1.54, 1.807) is 23.9 Å².